The fraction of sp³-hybridized carbons (Fsp3) is 0.676. The minimum absolute atomic E-state index is 0.257. The molecule has 2 rings (SSSR count). The predicted molar refractivity (Wildman–Crippen MR) is 345 cm³/mol. The van der Waals surface area contributed by atoms with E-state index in [1.807, 2.05) is 6.08 Å². The summed E-state index contributed by atoms with van der Waals surface area (Å²) in [7, 11) is 0. The van der Waals surface area contributed by atoms with Crippen molar-refractivity contribution >= 4 is 5.91 Å². The quantitative estimate of drug-likeness (QED) is 0.0204. The van der Waals surface area contributed by atoms with Gasteiger partial charge in [0.1, 0.15) is 48.8 Å². The number of carbonyl (C=O) groups is 1. The van der Waals surface area contributed by atoms with Gasteiger partial charge in [0.15, 0.2) is 12.6 Å². The van der Waals surface area contributed by atoms with Crippen molar-refractivity contribution in [3.05, 3.63) is 134 Å². The predicted octanol–water partition coefficient (Wildman–Crippen LogP) is 12.7. The summed E-state index contributed by atoms with van der Waals surface area (Å²) in [6, 6.07) is -0.944. The maximum atomic E-state index is 13.3. The molecule has 484 valence electrons. The lowest BCUT2D eigenvalue weighted by Gasteiger charge is -2.46. The SMILES string of the molecule is CC/C=C\C/C=C\C/C=C\C/C=C\C/C=C\C/C=C\C/C=C\C/C=C\C/C=C\CCCCCCCCCCCC(=O)NC(COC1OC(CO)C(OC2OC(CO)C(O)C(O)C2O)C(O)C1O)C(O)/C=C/CC/C=C/CCCCCCCCCC. The summed E-state index contributed by atoms with van der Waals surface area (Å²) in [4.78, 5) is 13.3. The van der Waals surface area contributed by atoms with Crippen molar-refractivity contribution in [1.82, 2.24) is 5.32 Å². The van der Waals surface area contributed by atoms with Crippen molar-refractivity contribution < 1.29 is 64.6 Å². The molecule has 12 atom stereocenters. The van der Waals surface area contributed by atoms with Crippen molar-refractivity contribution in [2.24, 2.45) is 0 Å². The summed E-state index contributed by atoms with van der Waals surface area (Å²) >= 11 is 0. The van der Waals surface area contributed by atoms with Gasteiger partial charge in [0.2, 0.25) is 5.91 Å². The Balaban J connectivity index is 1.66. The van der Waals surface area contributed by atoms with Gasteiger partial charge in [-0.25, -0.2) is 0 Å². The van der Waals surface area contributed by atoms with Crippen LogP contribution in [0.2, 0.25) is 0 Å². The summed E-state index contributed by atoms with van der Waals surface area (Å²) in [6.07, 6.45) is 63.6. The molecular formula is C71H117NO13. The normalized spacial score (nSPS) is 24.4. The molecule has 0 aliphatic carbocycles. The summed E-state index contributed by atoms with van der Waals surface area (Å²) in [6.45, 7) is 2.63. The average Bonchev–Trinajstić information content (AvgIpc) is 3.65. The minimum atomic E-state index is -1.80. The van der Waals surface area contributed by atoms with Gasteiger partial charge in [0.25, 0.3) is 0 Å². The Bertz CT molecular complexity index is 1940. The molecule has 0 bridgehead atoms. The maximum absolute atomic E-state index is 13.3. The second kappa shape index (κ2) is 54.3. The van der Waals surface area contributed by atoms with Gasteiger partial charge in [-0.1, -0.05) is 237 Å². The van der Waals surface area contributed by atoms with Crippen LogP contribution in [0.5, 0.6) is 0 Å². The van der Waals surface area contributed by atoms with E-state index in [1.165, 1.54) is 77.0 Å². The van der Waals surface area contributed by atoms with E-state index < -0.39 is 86.8 Å². The third-order valence-corrected chi connectivity index (χ3v) is 15.1. The van der Waals surface area contributed by atoms with Crippen molar-refractivity contribution in [3.8, 4) is 0 Å². The molecule has 0 spiro atoms. The van der Waals surface area contributed by atoms with Crippen molar-refractivity contribution in [1.29, 1.82) is 0 Å². The van der Waals surface area contributed by atoms with Crippen LogP contribution in [0.1, 0.15) is 213 Å². The third kappa shape index (κ3) is 38.9. The zero-order valence-corrected chi connectivity index (χ0v) is 52.3. The number of aliphatic hydroxyl groups excluding tert-OH is 8. The van der Waals surface area contributed by atoms with Crippen LogP contribution in [0.4, 0.5) is 0 Å². The van der Waals surface area contributed by atoms with Gasteiger partial charge in [-0.15, -0.1) is 0 Å². The number of rotatable bonds is 51. The molecule has 14 heteroatoms. The Kier molecular flexibility index (Phi) is 49.3. The third-order valence-electron chi connectivity index (χ3n) is 15.1. The number of nitrogens with one attached hydrogen (secondary N) is 1. The Hall–Kier alpha value is -3.87. The van der Waals surface area contributed by atoms with Crippen LogP contribution < -0.4 is 5.32 Å². The van der Waals surface area contributed by atoms with E-state index in [9.17, 15) is 45.6 Å². The first-order valence-electron chi connectivity index (χ1n) is 32.9. The Morgan fingerprint density at radius 3 is 1.29 bits per heavy atom. The van der Waals surface area contributed by atoms with Crippen LogP contribution in [-0.4, -0.2) is 140 Å². The number of hydrogen-bond acceptors (Lipinski definition) is 13. The van der Waals surface area contributed by atoms with Gasteiger partial charge in [-0.05, 0) is 103 Å². The molecular weight excluding hydrogens is 1070 g/mol. The Morgan fingerprint density at radius 1 is 0.435 bits per heavy atom. The molecule has 2 aliphatic rings. The fourth-order valence-electron chi connectivity index (χ4n) is 9.83. The number of ether oxygens (including phenoxy) is 4. The number of unbranched alkanes of at least 4 members (excludes halogenated alkanes) is 18. The van der Waals surface area contributed by atoms with E-state index in [-0.39, 0.29) is 18.9 Å². The van der Waals surface area contributed by atoms with Crippen LogP contribution in [0, 0.1) is 0 Å². The van der Waals surface area contributed by atoms with Crippen LogP contribution in [0.25, 0.3) is 0 Å². The summed E-state index contributed by atoms with van der Waals surface area (Å²) < 4.78 is 22.8. The lowest BCUT2D eigenvalue weighted by atomic mass is 9.97. The maximum Gasteiger partial charge on any atom is 0.220 e. The van der Waals surface area contributed by atoms with Gasteiger partial charge < -0.3 is 65.1 Å². The molecule has 14 nitrogen and oxygen atoms in total. The molecule has 2 aliphatic heterocycles. The summed E-state index contributed by atoms with van der Waals surface area (Å²) in [5, 5.41) is 87.1. The molecule has 0 radical (unpaired) electrons. The second-order valence-electron chi connectivity index (χ2n) is 22.5. The van der Waals surface area contributed by atoms with Crippen molar-refractivity contribution in [3.63, 3.8) is 0 Å². The van der Waals surface area contributed by atoms with E-state index in [0.29, 0.717) is 12.8 Å². The lowest BCUT2D eigenvalue weighted by molar-refractivity contribution is -0.359. The van der Waals surface area contributed by atoms with Crippen LogP contribution in [-0.2, 0) is 23.7 Å². The summed E-state index contributed by atoms with van der Waals surface area (Å²) in [5.41, 5.74) is 0. The topological polar surface area (TPSA) is 228 Å². The van der Waals surface area contributed by atoms with Gasteiger partial charge >= 0.3 is 0 Å². The zero-order valence-electron chi connectivity index (χ0n) is 52.3. The standard InChI is InChI=1S/C71H117NO13/c1-3-5-7-9-11-13-15-17-19-20-21-22-23-24-25-26-27-28-29-30-31-32-33-34-35-36-37-38-39-40-41-43-45-47-49-51-53-55-63(76)72-59(60(75)54-52-50-48-46-44-42-18-16-14-12-10-8-6-4-2)58-82-70-68(81)66(79)69(62(57-74)84-70)85-71-67(80)65(78)64(77)61(56-73)83-71/h5,7,11,13,17,19,21-22,24-25,27-28,30-31,33-34,36-37,44,46,52,54,59-62,64-71,73-75,77-81H,3-4,6,8-10,12,14-16,18,20,23,26,29,32,35,38-43,45,47-51,53,55-58H2,1-2H3,(H,72,76)/b7-5-,13-11-,19-17-,22-21-,25-24-,28-27-,31-30-,34-33-,37-36-,46-44+,54-52+. The van der Waals surface area contributed by atoms with E-state index in [0.717, 1.165) is 103 Å². The lowest BCUT2D eigenvalue weighted by Crippen LogP contribution is -2.65. The van der Waals surface area contributed by atoms with Gasteiger partial charge in [-0.2, -0.15) is 0 Å². The second-order valence-corrected chi connectivity index (χ2v) is 22.5. The number of allylic oxidation sites excluding steroid dienone is 21. The molecule has 0 aromatic rings. The van der Waals surface area contributed by atoms with E-state index in [4.69, 9.17) is 18.9 Å². The van der Waals surface area contributed by atoms with Crippen molar-refractivity contribution in [2.45, 2.75) is 286 Å². The van der Waals surface area contributed by atoms with Gasteiger partial charge in [-0.3, -0.25) is 4.79 Å². The first-order chi connectivity index (χ1) is 41.6. The molecule has 12 unspecified atom stereocenters. The highest BCUT2D eigenvalue weighted by atomic mass is 16.7. The Labute approximate surface area is 513 Å². The molecule has 0 aromatic carbocycles. The van der Waals surface area contributed by atoms with Crippen LogP contribution >= 0.6 is 0 Å². The molecule has 2 heterocycles. The van der Waals surface area contributed by atoms with E-state index in [2.05, 4.69) is 141 Å². The minimum Gasteiger partial charge on any atom is -0.394 e. The summed E-state index contributed by atoms with van der Waals surface area (Å²) in [5.74, 6) is -0.262. The number of aliphatic hydroxyl groups is 8. The highest BCUT2D eigenvalue weighted by Crippen LogP contribution is 2.30. The van der Waals surface area contributed by atoms with E-state index >= 15 is 0 Å². The van der Waals surface area contributed by atoms with Crippen molar-refractivity contribution in [2.75, 3.05) is 19.8 Å². The molecule has 2 saturated heterocycles. The highest BCUT2D eigenvalue weighted by molar-refractivity contribution is 5.76. The molecule has 0 saturated carbocycles. The molecule has 85 heavy (non-hydrogen) atoms. The number of amides is 1. The van der Waals surface area contributed by atoms with Gasteiger partial charge in [0, 0.05) is 6.42 Å². The van der Waals surface area contributed by atoms with Gasteiger partial charge in [0.05, 0.1) is 32.0 Å². The molecule has 9 N–H and O–H groups in total. The van der Waals surface area contributed by atoms with Crippen LogP contribution in [0.15, 0.2) is 134 Å². The molecule has 1 amide bonds. The smallest absolute Gasteiger partial charge is 0.220 e. The largest absolute Gasteiger partial charge is 0.394 e. The zero-order chi connectivity index (χ0) is 61.6. The molecule has 2 fully saturated rings. The average molecular weight is 1190 g/mol. The first kappa shape index (κ1) is 77.2. The number of hydrogen-bond donors (Lipinski definition) is 9. The fourth-order valence-corrected chi connectivity index (χ4v) is 9.83. The van der Waals surface area contributed by atoms with Crippen LogP contribution in [0.3, 0.4) is 0 Å². The number of carbonyl (C=O) groups excluding carboxylic acids is 1. The van der Waals surface area contributed by atoms with E-state index in [1.54, 1.807) is 6.08 Å². The first-order valence-corrected chi connectivity index (χ1v) is 32.9. The monoisotopic (exact) mass is 1190 g/mol. The Morgan fingerprint density at radius 2 is 0.824 bits per heavy atom. The highest BCUT2D eigenvalue weighted by Gasteiger charge is 2.51. The molecule has 0 aromatic heterocycles.